The molecule has 0 aliphatic carbocycles. The van der Waals surface area contributed by atoms with Gasteiger partial charge in [0.15, 0.2) is 0 Å². The fourth-order valence-corrected chi connectivity index (χ4v) is 2.27. The van der Waals surface area contributed by atoms with Crippen LogP contribution in [0.5, 0.6) is 0 Å². The topological polar surface area (TPSA) is 50.4 Å². The van der Waals surface area contributed by atoms with E-state index in [1.54, 1.807) is 24.3 Å². The van der Waals surface area contributed by atoms with Crippen LogP contribution in [0.3, 0.4) is 0 Å². The van der Waals surface area contributed by atoms with Crippen LogP contribution in [0.25, 0.3) is 22.3 Å². The van der Waals surface area contributed by atoms with Gasteiger partial charge in [-0.1, -0.05) is 23.7 Å². The zero-order valence-corrected chi connectivity index (χ0v) is 10.8. The summed E-state index contributed by atoms with van der Waals surface area (Å²) < 4.78 is 19.2. The molecule has 5 heteroatoms. The Labute approximate surface area is 118 Å². The highest BCUT2D eigenvalue weighted by Gasteiger charge is 2.19. The minimum absolute atomic E-state index is 0.199. The van der Waals surface area contributed by atoms with Gasteiger partial charge in [-0.05, 0) is 30.3 Å². The third kappa shape index (κ3) is 2.04. The lowest BCUT2D eigenvalue weighted by molar-refractivity contribution is 0.0692. The third-order valence-electron chi connectivity index (χ3n) is 2.97. The molecule has 0 radical (unpaired) electrons. The van der Waals surface area contributed by atoms with Crippen LogP contribution in [0.1, 0.15) is 10.4 Å². The van der Waals surface area contributed by atoms with Crippen molar-refractivity contribution in [1.82, 2.24) is 0 Å². The molecule has 0 saturated heterocycles. The van der Waals surface area contributed by atoms with Crippen molar-refractivity contribution in [3.63, 3.8) is 0 Å². The second kappa shape index (κ2) is 4.65. The molecule has 20 heavy (non-hydrogen) atoms. The quantitative estimate of drug-likeness (QED) is 0.751. The molecule has 1 N–H and O–H groups in total. The van der Waals surface area contributed by atoms with Crippen LogP contribution >= 0.6 is 11.6 Å². The predicted molar refractivity (Wildman–Crippen MR) is 73.6 cm³/mol. The van der Waals surface area contributed by atoms with E-state index in [1.807, 2.05) is 0 Å². The molecule has 0 fully saturated rings. The number of hydrogen-bond acceptors (Lipinski definition) is 2. The van der Waals surface area contributed by atoms with Gasteiger partial charge >= 0.3 is 5.97 Å². The molecule has 0 unspecified atom stereocenters. The van der Waals surface area contributed by atoms with Gasteiger partial charge in [-0.15, -0.1) is 0 Å². The van der Waals surface area contributed by atoms with E-state index in [1.165, 1.54) is 12.1 Å². The molecular formula is C15H8ClFO3. The number of benzene rings is 2. The van der Waals surface area contributed by atoms with Crippen LogP contribution in [0.2, 0.25) is 5.02 Å². The van der Waals surface area contributed by atoms with E-state index in [9.17, 15) is 9.18 Å². The smallest absolute Gasteiger partial charge is 0.339 e. The minimum Gasteiger partial charge on any atom is -0.478 e. The normalized spacial score (nSPS) is 10.9. The second-order valence-electron chi connectivity index (χ2n) is 4.26. The standard InChI is InChI=1S/C15H8ClFO3/c16-9-4-5-12-8(6-9)7-13(20-12)10-2-1-3-11(17)14(10)15(18)19/h1-7H,(H,18,19). The Morgan fingerprint density at radius 3 is 2.75 bits per heavy atom. The van der Waals surface area contributed by atoms with Crippen LogP contribution in [0, 0.1) is 5.82 Å². The van der Waals surface area contributed by atoms with Crippen molar-refractivity contribution in [3.05, 3.63) is 58.9 Å². The van der Waals surface area contributed by atoms with Gasteiger partial charge in [-0.3, -0.25) is 0 Å². The lowest BCUT2D eigenvalue weighted by Gasteiger charge is -2.03. The monoisotopic (exact) mass is 290 g/mol. The lowest BCUT2D eigenvalue weighted by atomic mass is 10.0. The van der Waals surface area contributed by atoms with E-state index in [2.05, 4.69) is 0 Å². The van der Waals surface area contributed by atoms with Gasteiger partial charge in [0.1, 0.15) is 22.7 Å². The summed E-state index contributed by atoms with van der Waals surface area (Å²) in [6.07, 6.45) is 0. The van der Waals surface area contributed by atoms with Crippen molar-refractivity contribution < 1.29 is 18.7 Å². The van der Waals surface area contributed by atoms with Gasteiger partial charge < -0.3 is 9.52 Å². The molecule has 0 saturated carbocycles. The van der Waals surface area contributed by atoms with Crippen LogP contribution in [0.4, 0.5) is 4.39 Å². The van der Waals surface area contributed by atoms with E-state index in [-0.39, 0.29) is 5.56 Å². The summed E-state index contributed by atoms with van der Waals surface area (Å²) in [7, 11) is 0. The number of fused-ring (bicyclic) bond motifs is 1. The molecule has 2 aromatic carbocycles. The van der Waals surface area contributed by atoms with Gasteiger partial charge in [0.25, 0.3) is 0 Å². The van der Waals surface area contributed by atoms with E-state index in [4.69, 9.17) is 21.1 Å². The van der Waals surface area contributed by atoms with Gasteiger partial charge in [0.05, 0.1) is 0 Å². The summed E-state index contributed by atoms with van der Waals surface area (Å²) >= 11 is 5.89. The first-order valence-corrected chi connectivity index (χ1v) is 6.15. The summed E-state index contributed by atoms with van der Waals surface area (Å²) in [6, 6.07) is 10.7. The Morgan fingerprint density at radius 1 is 1.20 bits per heavy atom. The SMILES string of the molecule is O=C(O)c1c(F)cccc1-c1cc2cc(Cl)ccc2o1. The number of halogens is 2. The Kier molecular flexibility index (Phi) is 2.95. The highest BCUT2D eigenvalue weighted by atomic mass is 35.5. The molecule has 0 atom stereocenters. The van der Waals surface area contributed by atoms with Crippen LogP contribution in [0.15, 0.2) is 46.9 Å². The van der Waals surface area contributed by atoms with Crippen molar-refractivity contribution >= 4 is 28.5 Å². The lowest BCUT2D eigenvalue weighted by Crippen LogP contribution is -2.02. The molecule has 3 rings (SSSR count). The first kappa shape index (κ1) is 12.7. The molecule has 100 valence electrons. The minimum atomic E-state index is -1.34. The van der Waals surface area contributed by atoms with Gasteiger partial charge in [-0.2, -0.15) is 0 Å². The van der Waals surface area contributed by atoms with Crippen LogP contribution in [-0.2, 0) is 0 Å². The highest BCUT2D eigenvalue weighted by Crippen LogP contribution is 2.32. The van der Waals surface area contributed by atoms with Gasteiger partial charge in [0.2, 0.25) is 0 Å². The fraction of sp³-hybridized carbons (Fsp3) is 0. The summed E-state index contributed by atoms with van der Waals surface area (Å²) in [5, 5.41) is 10.4. The first-order chi connectivity index (χ1) is 9.56. The Bertz CT molecular complexity index is 823. The van der Waals surface area contributed by atoms with E-state index < -0.39 is 17.3 Å². The van der Waals surface area contributed by atoms with Crippen molar-refractivity contribution in [1.29, 1.82) is 0 Å². The Morgan fingerprint density at radius 2 is 2.00 bits per heavy atom. The van der Waals surface area contributed by atoms with E-state index >= 15 is 0 Å². The average Bonchev–Trinajstić information content (AvgIpc) is 2.80. The fourth-order valence-electron chi connectivity index (χ4n) is 2.09. The zero-order chi connectivity index (χ0) is 14.3. The number of furan rings is 1. The van der Waals surface area contributed by atoms with Crippen LogP contribution < -0.4 is 0 Å². The summed E-state index contributed by atoms with van der Waals surface area (Å²) in [5.41, 5.74) is 0.354. The molecule has 0 amide bonds. The largest absolute Gasteiger partial charge is 0.478 e. The van der Waals surface area contributed by atoms with Gasteiger partial charge in [-0.25, -0.2) is 9.18 Å². The highest BCUT2D eigenvalue weighted by molar-refractivity contribution is 6.31. The summed E-state index contributed by atoms with van der Waals surface area (Å²) in [6.45, 7) is 0. The Hall–Kier alpha value is -2.33. The molecule has 0 aliphatic rings. The number of rotatable bonds is 2. The van der Waals surface area contributed by atoms with Crippen molar-refractivity contribution in [2.75, 3.05) is 0 Å². The zero-order valence-electron chi connectivity index (χ0n) is 10.1. The van der Waals surface area contributed by atoms with Crippen molar-refractivity contribution in [2.24, 2.45) is 0 Å². The molecular weight excluding hydrogens is 283 g/mol. The molecule has 3 nitrogen and oxygen atoms in total. The number of carboxylic acids is 1. The summed E-state index contributed by atoms with van der Waals surface area (Å²) in [4.78, 5) is 11.2. The molecule has 0 aliphatic heterocycles. The average molecular weight is 291 g/mol. The number of carboxylic acid groups (broad SMARTS) is 1. The number of carbonyl (C=O) groups is 1. The molecule has 3 aromatic rings. The number of aromatic carboxylic acids is 1. The van der Waals surface area contributed by atoms with Crippen LogP contribution in [-0.4, -0.2) is 11.1 Å². The second-order valence-corrected chi connectivity index (χ2v) is 4.70. The van der Waals surface area contributed by atoms with E-state index in [0.717, 1.165) is 11.5 Å². The molecule has 0 spiro atoms. The maximum atomic E-state index is 13.7. The van der Waals surface area contributed by atoms with Crippen molar-refractivity contribution in [3.8, 4) is 11.3 Å². The van der Waals surface area contributed by atoms with Crippen molar-refractivity contribution in [2.45, 2.75) is 0 Å². The molecule has 1 aromatic heterocycles. The number of hydrogen-bond donors (Lipinski definition) is 1. The van der Waals surface area contributed by atoms with Gasteiger partial charge in [0, 0.05) is 16.0 Å². The molecule has 0 bridgehead atoms. The maximum absolute atomic E-state index is 13.7. The van der Waals surface area contributed by atoms with E-state index in [0.29, 0.717) is 16.4 Å². The first-order valence-electron chi connectivity index (χ1n) is 5.77. The summed E-state index contributed by atoms with van der Waals surface area (Å²) in [5.74, 6) is -1.84. The predicted octanol–water partition coefficient (Wildman–Crippen LogP) is 4.59. The maximum Gasteiger partial charge on any atom is 0.339 e. The molecule has 1 heterocycles. The Balaban J connectivity index is 2.25. The third-order valence-corrected chi connectivity index (χ3v) is 3.21.